The Kier molecular flexibility index (Phi) is 3.48. The topological polar surface area (TPSA) is 73.6 Å². The van der Waals surface area contributed by atoms with Gasteiger partial charge in [0, 0.05) is 12.0 Å². The van der Waals surface area contributed by atoms with Crippen LogP contribution in [0.3, 0.4) is 0 Å². The van der Waals surface area contributed by atoms with Crippen molar-refractivity contribution in [1.82, 2.24) is 5.32 Å². The molecular weight excluding hydrogens is 292 g/mol. The van der Waals surface area contributed by atoms with Gasteiger partial charge in [0.25, 0.3) is 0 Å². The third kappa shape index (κ3) is 2.67. The van der Waals surface area contributed by atoms with Gasteiger partial charge in [0.2, 0.25) is 5.91 Å². The van der Waals surface area contributed by atoms with Gasteiger partial charge in [-0.3, -0.25) is 4.79 Å². The van der Waals surface area contributed by atoms with Crippen LogP contribution in [0.5, 0.6) is 11.5 Å². The van der Waals surface area contributed by atoms with E-state index in [1.807, 2.05) is 6.07 Å². The zero-order valence-corrected chi connectivity index (χ0v) is 13.4. The lowest BCUT2D eigenvalue weighted by atomic mass is 9.78. The Balaban J connectivity index is 1.55. The summed E-state index contributed by atoms with van der Waals surface area (Å²) >= 11 is 0. The summed E-state index contributed by atoms with van der Waals surface area (Å²) < 4.78 is 11.3. The molecule has 1 heterocycles. The van der Waals surface area contributed by atoms with Crippen molar-refractivity contribution in [2.24, 2.45) is 5.73 Å². The predicted octanol–water partition coefficient (Wildman–Crippen LogP) is 1.88. The maximum absolute atomic E-state index is 12.2. The Morgan fingerprint density at radius 2 is 1.78 bits per heavy atom. The third-order valence-corrected chi connectivity index (χ3v) is 5.54. The number of hydrogen-bond donors (Lipinski definition) is 2. The lowest BCUT2D eigenvalue weighted by molar-refractivity contribution is -0.123. The van der Waals surface area contributed by atoms with E-state index >= 15 is 0 Å². The first kappa shape index (κ1) is 14.8. The van der Waals surface area contributed by atoms with Crippen molar-refractivity contribution in [3.8, 4) is 11.5 Å². The van der Waals surface area contributed by atoms with Crippen LogP contribution < -0.4 is 20.5 Å². The first-order chi connectivity index (χ1) is 11.1. The Bertz CT molecular complexity index is 619. The van der Waals surface area contributed by atoms with Crippen molar-refractivity contribution in [3.63, 3.8) is 0 Å². The van der Waals surface area contributed by atoms with Crippen LogP contribution in [0.25, 0.3) is 0 Å². The number of ether oxygens (including phenoxy) is 2. The van der Waals surface area contributed by atoms with Crippen molar-refractivity contribution in [2.45, 2.75) is 49.5 Å². The van der Waals surface area contributed by atoms with Gasteiger partial charge < -0.3 is 20.5 Å². The van der Waals surface area contributed by atoms with Gasteiger partial charge in [0.1, 0.15) is 13.2 Å². The molecule has 2 saturated carbocycles. The number of hydrogen-bond acceptors (Lipinski definition) is 4. The third-order valence-electron chi connectivity index (χ3n) is 5.54. The molecule has 1 aromatic carbocycles. The second-order valence-corrected chi connectivity index (χ2v) is 7.18. The molecule has 0 atom stereocenters. The SMILES string of the molecule is NC1(C(=O)NCC2(c3ccc4c(c3)OCCO4)CCCC2)CC1. The van der Waals surface area contributed by atoms with Crippen molar-refractivity contribution in [1.29, 1.82) is 0 Å². The fraction of sp³-hybridized carbons (Fsp3) is 0.611. The van der Waals surface area contributed by atoms with Crippen LogP contribution in [0, 0.1) is 0 Å². The summed E-state index contributed by atoms with van der Waals surface area (Å²) in [5.41, 5.74) is 6.63. The Hall–Kier alpha value is -1.75. The molecule has 0 radical (unpaired) electrons. The zero-order chi connectivity index (χ0) is 15.9. The summed E-state index contributed by atoms with van der Waals surface area (Å²) in [6.07, 6.45) is 6.16. The standard InChI is InChI=1S/C18H24N2O3/c19-18(7-8-18)16(21)20-12-17(5-1-2-6-17)13-3-4-14-15(11-13)23-10-9-22-14/h3-4,11H,1-2,5-10,12,19H2,(H,20,21). The van der Waals surface area contributed by atoms with E-state index in [-0.39, 0.29) is 11.3 Å². The summed E-state index contributed by atoms with van der Waals surface area (Å²) in [5, 5.41) is 3.11. The molecule has 124 valence electrons. The van der Waals surface area contributed by atoms with E-state index in [4.69, 9.17) is 15.2 Å². The maximum Gasteiger partial charge on any atom is 0.240 e. The number of fused-ring (bicyclic) bond motifs is 1. The van der Waals surface area contributed by atoms with Crippen molar-refractivity contribution in [3.05, 3.63) is 23.8 Å². The number of carbonyl (C=O) groups excluding carboxylic acids is 1. The first-order valence-electron chi connectivity index (χ1n) is 8.59. The summed E-state index contributed by atoms with van der Waals surface area (Å²) in [7, 11) is 0. The van der Waals surface area contributed by atoms with Crippen LogP contribution in [0.2, 0.25) is 0 Å². The van der Waals surface area contributed by atoms with E-state index in [2.05, 4.69) is 17.4 Å². The second kappa shape index (κ2) is 5.41. The molecule has 1 aromatic rings. The van der Waals surface area contributed by atoms with Gasteiger partial charge in [-0.1, -0.05) is 18.9 Å². The minimum atomic E-state index is -0.605. The molecule has 0 unspecified atom stereocenters. The molecule has 2 fully saturated rings. The van der Waals surface area contributed by atoms with Crippen LogP contribution in [-0.4, -0.2) is 31.2 Å². The molecule has 0 aromatic heterocycles. The van der Waals surface area contributed by atoms with Crippen molar-refractivity contribution >= 4 is 5.91 Å². The number of rotatable bonds is 4. The fourth-order valence-electron chi connectivity index (χ4n) is 3.78. The van der Waals surface area contributed by atoms with Crippen LogP contribution in [-0.2, 0) is 10.2 Å². The molecule has 4 rings (SSSR count). The number of benzene rings is 1. The normalized spacial score (nSPS) is 23.3. The van der Waals surface area contributed by atoms with Gasteiger partial charge in [0.05, 0.1) is 5.54 Å². The zero-order valence-electron chi connectivity index (χ0n) is 13.4. The van der Waals surface area contributed by atoms with E-state index in [1.165, 1.54) is 18.4 Å². The summed E-state index contributed by atoms with van der Waals surface area (Å²) in [6.45, 7) is 1.85. The van der Waals surface area contributed by atoms with Crippen molar-refractivity contribution in [2.75, 3.05) is 19.8 Å². The molecule has 1 aliphatic heterocycles. The number of nitrogens with two attached hydrogens (primary N) is 1. The predicted molar refractivity (Wildman–Crippen MR) is 86.7 cm³/mol. The molecule has 2 aliphatic carbocycles. The summed E-state index contributed by atoms with van der Waals surface area (Å²) in [5.74, 6) is 1.64. The van der Waals surface area contributed by atoms with Gasteiger partial charge in [-0.05, 0) is 43.4 Å². The lowest BCUT2D eigenvalue weighted by Crippen LogP contribution is -2.47. The molecule has 0 spiro atoms. The number of nitrogens with one attached hydrogen (secondary N) is 1. The highest BCUT2D eigenvalue weighted by molar-refractivity contribution is 5.89. The quantitative estimate of drug-likeness (QED) is 0.889. The number of carbonyl (C=O) groups is 1. The Labute approximate surface area is 136 Å². The molecular formula is C18H24N2O3. The molecule has 5 nitrogen and oxygen atoms in total. The van der Waals surface area contributed by atoms with Gasteiger partial charge >= 0.3 is 0 Å². The van der Waals surface area contributed by atoms with E-state index in [0.29, 0.717) is 19.8 Å². The molecule has 1 amide bonds. The first-order valence-corrected chi connectivity index (χ1v) is 8.59. The highest BCUT2D eigenvalue weighted by atomic mass is 16.6. The van der Waals surface area contributed by atoms with Crippen LogP contribution in [0.4, 0.5) is 0 Å². The minimum Gasteiger partial charge on any atom is -0.486 e. The highest BCUT2D eigenvalue weighted by Gasteiger charge is 2.47. The Morgan fingerprint density at radius 1 is 1.09 bits per heavy atom. The largest absolute Gasteiger partial charge is 0.486 e. The van der Waals surface area contributed by atoms with Crippen molar-refractivity contribution < 1.29 is 14.3 Å². The molecule has 5 heteroatoms. The van der Waals surface area contributed by atoms with Gasteiger partial charge in [-0.2, -0.15) is 0 Å². The second-order valence-electron chi connectivity index (χ2n) is 7.18. The van der Waals surface area contributed by atoms with E-state index in [1.54, 1.807) is 0 Å². The lowest BCUT2D eigenvalue weighted by Gasteiger charge is -2.31. The molecule has 0 saturated heterocycles. The molecule has 23 heavy (non-hydrogen) atoms. The van der Waals surface area contributed by atoms with Gasteiger partial charge in [-0.25, -0.2) is 0 Å². The monoisotopic (exact) mass is 316 g/mol. The van der Waals surface area contributed by atoms with Crippen LogP contribution in [0.1, 0.15) is 44.1 Å². The van der Waals surface area contributed by atoms with Crippen LogP contribution >= 0.6 is 0 Å². The molecule has 3 aliphatic rings. The molecule has 3 N–H and O–H groups in total. The average Bonchev–Trinajstić information content (AvgIpc) is 3.16. The summed E-state index contributed by atoms with van der Waals surface area (Å²) in [6, 6.07) is 6.22. The van der Waals surface area contributed by atoms with Crippen LogP contribution in [0.15, 0.2) is 18.2 Å². The highest BCUT2D eigenvalue weighted by Crippen LogP contribution is 2.44. The smallest absolute Gasteiger partial charge is 0.240 e. The van der Waals surface area contributed by atoms with E-state index in [9.17, 15) is 4.79 Å². The average molecular weight is 316 g/mol. The van der Waals surface area contributed by atoms with E-state index < -0.39 is 5.54 Å². The van der Waals surface area contributed by atoms with Gasteiger partial charge in [-0.15, -0.1) is 0 Å². The fourth-order valence-corrected chi connectivity index (χ4v) is 3.78. The van der Waals surface area contributed by atoms with E-state index in [0.717, 1.165) is 37.2 Å². The molecule has 0 bridgehead atoms. The summed E-state index contributed by atoms with van der Waals surface area (Å²) in [4.78, 5) is 12.2. The van der Waals surface area contributed by atoms with Gasteiger partial charge in [0.15, 0.2) is 11.5 Å². The Morgan fingerprint density at radius 3 is 2.48 bits per heavy atom. The number of amides is 1. The minimum absolute atomic E-state index is 0.00122. The maximum atomic E-state index is 12.2.